The van der Waals surface area contributed by atoms with E-state index in [0.717, 1.165) is 13.0 Å². The Hall–Kier alpha value is -1.35. The van der Waals surface area contributed by atoms with Crippen molar-refractivity contribution in [2.45, 2.75) is 58.7 Å². The Kier molecular flexibility index (Phi) is 4.72. The van der Waals surface area contributed by atoms with Crippen molar-refractivity contribution in [3.05, 3.63) is 35.9 Å². The molecule has 21 heavy (non-hydrogen) atoms. The van der Waals surface area contributed by atoms with Crippen LogP contribution in [0.3, 0.4) is 0 Å². The van der Waals surface area contributed by atoms with Crippen LogP contribution in [0.5, 0.6) is 0 Å². The normalized spacial score (nSPS) is 23.1. The van der Waals surface area contributed by atoms with Crippen LogP contribution in [-0.4, -0.2) is 28.9 Å². The molecule has 0 radical (unpaired) electrons. The first-order valence-electron chi connectivity index (χ1n) is 7.91. The minimum atomic E-state index is -0.0750. The number of hydrogen-bond donors (Lipinski definition) is 1. The molecule has 1 N–H and O–H groups in total. The third-order valence-corrected chi connectivity index (χ3v) is 3.77. The lowest BCUT2D eigenvalue weighted by Gasteiger charge is -2.27. The summed E-state index contributed by atoms with van der Waals surface area (Å²) in [5.41, 5.74) is 1.19. The summed E-state index contributed by atoms with van der Waals surface area (Å²) in [6.45, 7) is 11.5. The number of amides is 1. The molecule has 0 aromatic heterocycles. The summed E-state index contributed by atoms with van der Waals surface area (Å²) >= 11 is 0. The molecule has 0 bridgehead atoms. The lowest BCUT2D eigenvalue weighted by molar-refractivity contribution is -0.131. The van der Waals surface area contributed by atoms with Crippen LogP contribution in [0, 0.1) is 5.92 Å². The van der Waals surface area contributed by atoms with Gasteiger partial charge in [0.25, 0.3) is 0 Å². The van der Waals surface area contributed by atoms with E-state index in [1.54, 1.807) is 0 Å². The first kappa shape index (κ1) is 16.0. The molecule has 0 spiro atoms. The molecule has 1 amide bonds. The molecule has 1 aromatic carbocycles. The molecule has 1 aromatic rings. The summed E-state index contributed by atoms with van der Waals surface area (Å²) in [4.78, 5) is 14.8. The molecule has 2 atom stereocenters. The third kappa shape index (κ3) is 4.07. The van der Waals surface area contributed by atoms with Gasteiger partial charge < -0.3 is 10.2 Å². The molecule has 1 heterocycles. The standard InChI is InChI=1S/C18H28N2O/c1-13(2)12-20-16(14-9-7-6-8-10-14)11-15(17(20)21)19-18(3,4)5/h6-10,13,15-16,19H,11-12H2,1-5H3/t15-,16+/m1/s1. The van der Waals surface area contributed by atoms with Crippen molar-refractivity contribution in [2.75, 3.05) is 6.54 Å². The first-order chi connectivity index (χ1) is 9.78. The average Bonchev–Trinajstić information content (AvgIpc) is 2.66. The van der Waals surface area contributed by atoms with E-state index in [0.29, 0.717) is 5.92 Å². The summed E-state index contributed by atoms with van der Waals surface area (Å²) < 4.78 is 0. The topological polar surface area (TPSA) is 32.3 Å². The molecule has 0 unspecified atom stereocenters. The number of carbonyl (C=O) groups excluding carboxylic acids is 1. The number of carbonyl (C=O) groups is 1. The molecular formula is C18H28N2O. The molecule has 3 nitrogen and oxygen atoms in total. The lowest BCUT2D eigenvalue weighted by atomic mass is 10.0. The Balaban J connectivity index is 2.23. The Morgan fingerprint density at radius 1 is 1.24 bits per heavy atom. The predicted octanol–water partition coefficient (Wildman–Crippen LogP) is 3.37. The molecule has 0 saturated carbocycles. The van der Waals surface area contributed by atoms with Crippen LogP contribution < -0.4 is 5.32 Å². The van der Waals surface area contributed by atoms with Gasteiger partial charge in [0.2, 0.25) is 5.91 Å². The van der Waals surface area contributed by atoms with E-state index in [4.69, 9.17) is 0 Å². The fourth-order valence-corrected chi connectivity index (χ4v) is 3.05. The minimum Gasteiger partial charge on any atom is -0.334 e. The van der Waals surface area contributed by atoms with E-state index in [9.17, 15) is 4.79 Å². The average molecular weight is 288 g/mol. The molecule has 1 aliphatic heterocycles. The van der Waals surface area contributed by atoms with Crippen molar-refractivity contribution in [3.63, 3.8) is 0 Å². The zero-order valence-electron chi connectivity index (χ0n) is 13.9. The maximum Gasteiger partial charge on any atom is 0.240 e. The Morgan fingerprint density at radius 2 is 1.86 bits per heavy atom. The maximum absolute atomic E-state index is 12.8. The van der Waals surface area contributed by atoms with Crippen LogP contribution in [0.1, 0.15) is 52.6 Å². The van der Waals surface area contributed by atoms with Crippen molar-refractivity contribution in [1.82, 2.24) is 10.2 Å². The van der Waals surface area contributed by atoms with Crippen LogP contribution in [0.2, 0.25) is 0 Å². The molecule has 1 fully saturated rings. The number of nitrogens with one attached hydrogen (secondary N) is 1. The monoisotopic (exact) mass is 288 g/mol. The minimum absolute atomic E-state index is 0.0462. The van der Waals surface area contributed by atoms with Gasteiger partial charge in [-0.3, -0.25) is 4.79 Å². The van der Waals surface area contributed by atoms with E-state index in [1.165, 1.54) is 5.56 Å². The van der Waals surface area contributed by atoms with Crippen LogP contribution in [0.15, 0.2) is 30.3 Å². The lowest BCUT2D eigenvalue weighted by Crippen LogP contribution is -2.48. The Labute approximate surface area is 128 Å². The molecule has 2 rings (SSSR count). The maximum atomic E-state index is 12.8. The van der Waals surface area contributed by atoms with Gasteiger partial charge in [-0.1, -0.05) is 44.2 Å². The number of rotatable bonds is 4. The molecular weight excluding hydrogens is 260 g/mol. The van der Waals surface area contributed by atoms with Crippen molar-refractivity contribution in [1.29, 1.82) is 0 Å². The summed E-state index contributed by atoms with van der Waals surface area (Å²) in [7, 11) is 0. The van der Waals surface area contributed by atoms with Crippen molar-refractivity contribution in [3.8, 4) is 0 Å². The fourth-order valence-electron chi connectivity index (χ4n) is 3.05. The van der Waals surface area contributed by atoms with Gasteiger partial charge in [-0.15, -0.1) is 0 Å². The SMILES string of the molecule is CC(C)CN1C(=O)[C@H](NC(C)(C)C)C[C@H]1c1ccccc1. The van der Waals surface area contributed by atoms with Gasteiger partial charge in [0.15, 0.2) is 0 Å². The van der Waals surface area contributed by atoms with Gasteiger partial charge in [0.1, 0.15) is 0 Å². The predicted molar refractivity (Wildman–Crippen MR) is 87.0 cm³/mol. The van der Waals surface area contributed by atoms with Crippen LogP contribution >= 0.6 is 0 Å². The highest BCUT2D eigenvalue weighted by atomic mass is 16.2. The zero-order chi connectivity index (χ0) is 15.6. The summed E-state index contributed by atoms with van der Waals surface area (Å²) in [5, 5.41) is 3.48. The van der Waals surface area contributed by atoms with Crippen LogP contribution in [0.25, 0.3) is 0 Å². The summed E-state index contributed by atoms with van der Waals surface area (Å²) in [6, 6.07) is 10.5. The van der Waals surface area contributed by atoms with Gasteiger partial charge in [-0.25, -0.2) is 0 Å². The quantitative estimate of drug-likeness (QED) is 0.921. The van der Waals surface area contributed by atoms with Gasteiger partial charge >= 0.3 is 0 Å². The van der Waals surface area contributed by atoms with Crippen molar-refractivity contribution < 1.29 is 4.79 Å². The highest BCUT2D eigenvalue weighted by molar-refractivity contribution is 5.85. The highest BCUT2D eigenvalue weighted by Gasteiger charge is 2.41. The van der Waals surface area contributed by atoms with Gasteiger partial charge in [-0.2, -0.15) is 0 Å². The van der Waals surface area contributed by atoms with E-state index >= 15 is 0 Å². The van der Waals surface area contributed by atoms with Crippen molar-refractivity contribution in [2.24, 2.45) is 5.92 Å². The second kappa shape index (κ2) is 6.18. The molecule has 0 aliphatic carbocycles. The summed E-state index contributed by atoms with van der Waals surface area (Å²) in [6.07, 6.45) is 0.854. The van der Waals surface area contributed by atoms with E-state index < -0.39 is 0 Å². The highest BCUT2D eigenvalue weighted by Crippen LogP contribution is 2.34. The molecule has 1 saturated heterocycles. The van der Waals surface area contributed by atoms with Gasteiger partial charge in [0, 0.05) is 12.1 Å². The van der Waals surface area contributed by atoms with E-state index in [-0.39, 0.29) is 23.5 Å². The number of benzene rings is 1. The second-order valence-electron chi connectivity index (χ2n) is 7.49. The zero-order valence-corrected chi connectivity index (χ0v) is 13.9. The van der Waals surface area contributed by atoms with Gasteiger partial charge in [0.05, 0.1) is 12.1 Å². The largest absolute Gasteiger partial charge is 0.334 e. The number of likely N-dealkylation sites (tertiary alicyclic amines) is 1. The molecule has 3 heteroatoms. The Bertz CT molecular complexity index is 476. The van der Waals surface area contributed by atoms with E-state index in [2.05, 4.69) is 69.1 Å². The fraction of sp³-hybridized carbons (Fsp3) is 0.611. The third-order valence-electron chi connectivity index (χ3n) is 3.77. The smallest absolute Gasteiger partial charge is 0.240 e. The number of hydrogen-bond acceptors (Lipinski definition) is 2. The van der Waals surface area contributed by atoms with E-state index in [1.807, 2.05) is 6.07 Å². The van der Waals surface area contributed by atoms with Gasteiger partial charge in [-0.05, 0) is 38.7 Å². The van der Waals surface area contributed by atoms with Crippen LogP contribution in [0.4, 0.5) is 0 Å². The number of nitrogens with zero attached hydrogens (tertiary/aromatic N) is 1. The second-order valence-corrected chi connectivity index (χ2v) is 7.49. The van der Waals surface area contributed by atoms with Crippen LogP contribution in [-0.2, 0) is 4.79 Å². The first-order valence-corrected chi connectivity index (χ1v) is 7.91. The molecule has 1 aliphatic rings. The van der Waals surface area contributed by atoms with Crippen molar-refractivity contribution >= 4 is 5.91 Å². The molecule has 116 valence electrons. The Morgan fingerprint density at radius 3 is 2.38 bits per heavy atom. The summed E-state index contributed by atoms with van der Waals surface area (Å²) in [5.74, 6) is 0.723.